The number of hydrogen-bond acceptors (Lipinski definition) is 8. The third kappa shape index (κ3) is 4.33. The number of nitrogens with one attached hydrogen (secondary N) is 1. The third-order valence-electron chi connectivity index (χ3n) is 8.11. The normalized spacial score (nSPS) is 22.9. The van der Waals surface area contributed by atoms with Gasteiger partial charge in [0.15, 0.2) is 0 Å². The lowest BCUT2D eigenvalue weighted by atomic mass is 9.77. The molecule has 5 rings (SSSR count). The number of hydrogen-bond donors (Lipinski definition) is 1. The molecule has 1 unspecified atom stereocenters. The molecule has 4 aliphatic rings. The lowest BCUT2D eigenvalue weighted by Gasteiger charge is -2.39. The van der Waals surface area contributed by atoms with Gasteiger partial charge in [0.05, 0.1) is 34.5 Å². The van der Waals surface area contributed by atoms with Crippen molar-refractivity contribution in [2.24, 2.45) is 5.41 Å². The van der Waals surface area contributed by atoms with Gasteiger partial charge in [-0.1, -0.05) is 6.07 Å². The van der Waals surface area contributed by atoms with Gasteiger partial charge in [0.2, 0.25) is 15.9 Å². The number of likely N-dealkylation sites (tertiary alicyclic amines) is 2. The zero-order chi connectivity index (χ0) is 25.8. The molecule has 1 spiro atoms. The summed E-state index contributed by atoms with van der Waals surface area (Å²) >= 11 is 0. The van der Waals surface area contributed by atoms with E-state index in [4.69, 9.17) is 9.47 Å². The molecule has 2 saturated heterocycles. The smallest absolute Gasteiger partial charge is 0.338 e. The van der Waals surface area contributed by atoms with Crippen LogP contribution in [0, 0.1) is 12.3 Å². The van der Waals surface area contributed by atoms with E-state index in [0.29, 0.717) is 55.9 Å². The third-order valence-corrected chi connectivity index (χ3v) is 8.82. The number of carbonyl (C=O) groups excluding carboxylic acids is 3. The zero-order valence-corrected chi connectivity index (χ0v) is 21.6. The van der Waals surface area contributed by atoms with Crippen LogP contribution in [0.5, 0.6) is 0 Å². The Morgan fingerprint density at radius 1 is 1.00 bits per heavy atom. The van der Waals surface area contributed by atoms with Crippen LogP contribution in [-0.4, -0.2) is 75.1 Å². The topological polar surface area (TPSA) is 122 Å². The predicted molar refractivity (Wildman–Crippen MR) is 129 cm³/mol. The fraction of sp³-hybridized carbons (Fsp3) is 0.560. The SMILES string of the molecule is CC1=C(N2CCC3(CCN(CC(NS(C)(=O)=O)c4ccc5c(c4C)COC5=O)CC3)C2=O)COC1=O. The van der Waals surface area contributed by atoms with Gasteiger partial charge < -0.3 is 19.3 Å². The Balaban J connectivity index is 1.31. The van der Waals surface area contributed by atoms with Crippen LogP contribution in [0.15, 0.2) is 23.4 Å². The van der Waals surface area contributed by atoms with Crippen molar-refractivity contribution in [2.45, 2.75) is 45.8 Å². The molecule has 194 valence electrons. The quantitative estimate of drug-likeness (QED) is 0.562. The van der Waals surface area contributed by atoms with Gasteiger partial charge in [0.1, 0.15) is 13.2 Å². The van der Waals surface area contributed by atoms with Crippen molar-refractivity contribution in [1.82, 2.24) is 14.5 Å². The number of amides is 1. The van der Waals surface area contributed by atoms with Gasteiger partial charge in [-0.05, 0) is 63.4 Å². The molecule has 1 N–H and O–H groups in total. The number of cyclic esters (lactones) is 2. The molecule has 36 heavy (non-hydrogen) atoms. The van der Waals surface area contributed by atoms with E-state index in [0.717, 1.165) is 29.4 Å². The van der Waals surface area contributed by atoms with E-state index in [1.54, 1.807) is 24.0 Å². The fourth-order valence-corrected chi connectivity index (χ4v) is 6.63. The second-order valence-electron chi connectivity index (χ2n) is 10.3. The summed E-state index contributed by atoms with van der Waals surface area (Å²) in [6, 6.07) is 3.00. The van der Waals surface area contributed by atoms with Crippen molar-refractivity contribution >= 4 is 27.9 Å². The molecule has 11 heteroatoms. The van der Waals surface area contributed by atoms with Gasteiger partial charge in [-0.3, -0.25) is 4.79 Å². The first-order valence-electron chi connectivity index (χ1n) is 12.2. The number of ether oxygens (including phenoxy) is 2. The summed E-state index contributed by atoms with van der Waals surface area (Å²) in [6.45, 7) is 6.26. The molecular weight excluding hydrogens is 486 g/mol. The van der Waals surface area contributed by atoms with Gasteiger partial charge in [-0.25, -0.2) is 22.7 Å². The first-order chi connectivity index (χ1) is 17.0. The second kappa shape index (κ2) is 8.97. The van der Waals surface area contributed by atoms with Crippen molar-refractivity contribution in [3.05, 3.63) is 45.7 Å². The molecule has 1 amide bonds. The Bertz CT molecular complexity index is 1280. The number of rotatable bonds is 6. The number of piperidine rings is 1. The van der Waals surface area contributed by atoms with Crippen molar-refractivity contribution in [2.75, 3.05) is 39.0 Å². The number of carbonyl (C=O) groups is 3. The predicted octanol–water partition coefficient (Wildman–Crippen LogP) is 1.40. The van der Waals surface area contributed by atoms with Gasteiger partial charge in [-0.2, -0.15) is 0 Å². The molecule has 0 aromatic heterocycles. The van der Waals surface area contributed by atoms with Crippen molar-refractivity contribution in [1.29, 1.82) is 0 Å². The zero-order valence-electron chi connectivity index (χ0n) is 20.8. The van der Waals surface area contributed by atoms with E-state index in [1.165, 1.54) is 0 Å². The van der Waals surface area contributed by atoms with Crippen molar-refractivity contribution in [3.8, 4) is 0 Å². The Morgan fingerprint density at radius 3 is 2.31 bits per heavy atom. The average molecular weight is 518 g/mol. The first-order valence-corrected chi connectivity index (χ1v) is 14.1. The summed E-state index contributed by atoms with van der Waals surface area (Å²) in [4.78, 5) is 41.0. The maximum absolute atomic E-state index is 13.4. The Labute approximate surface area is 210 Å². The summed E-state index contributed by atoms with van der Waals surface area (Å²) in [7, 11) is -3.50. The molecule has 0 bridgehead atoms. The molecule has 1 aromatic carbocycles. The number of nitrogens with zero attached hydrogens (tertiary/aromatic N) is 2. The lowest BCUT2D eigenvalue weighted by molar-refractivity contribution is -0.138. The van der Waals surface area contributed by atoms with Gasteiger partial charge in [0, 0.05) is 18.7 Å². The largest absolute Gasteiger partial charge is 0.457 e. The minimum atomic E-state index is -3.50. The standard InChI is InChI=1S/C25H31N3O7S/c1-15-17(4-5-18-19(15)13-34-23(18)30)20(26-36(3,32)33)12-27-9-6-25(7-10-27)8-11-28(24(25)31)21-14-35-22(29)16(21)2/h4-5,20,26H,6-14H2,1-3H3. The first kappa shape index (κ1) is 24.9. The fourth-order valence-electron chi connectivity index (χ4n) is 5.92. The minimum Gasteiger partial charge on any atom is -0.457 e. The maximum Gasteiger partial charge on any atom is 0.338 e. The second-order valence-corrected chi connectivity index (χ2v) is 12.0. The molecule has 0 aliphatic carbocycles. The van der Waals surface area contributed by atoms with E-state index in [-0.39, 0.29) is 31.1 Å². The lowest BCUT2D eigenvalue weighted by Crippen LogP contribution is -2.47. The summed E-state index contributed by atoms with van der Waals surface area (Å²) in [5.74, 6) is -0.668. The number of benzene rings is 1. The number of fused-ring (bicyclic) bond motifs is 1. The summed E-state index contributed by atoms with van der Waals surface area (Å²) in [5, 5.41) is 0. The molecule has 10 nitrogen and oxygen atoms in total. The van der Waals surface area contributed by atoms with Crippen molar-refractivity contribution < 1.29 is 32.3 Å². The van der Waals surface area contributed by atoms with Crippen molar-refractivity contribution in [3.63, 3.8) is 0 Å². The van der Waals surface area contributed by atoms with Crippen LogP contribution in [0.2, 0.25) is 0 Å². The van der Waals surface area contributed by atoms with E-state index in [2.05, 4.69) is 9.62 Å². The van der Waals surface area contributed by atoms with E-state index in [1.807, 2.05) is 6.92 Å². The molecule has 4 heterocycles. The maximum atomic E-state index is 13.4. The Hall–Kier alpha value is -2.76. The summed E-state index contributed by atoms with van der Waals surface area (Å²) in [6.07, 6.45) is 3.20. The van der Waals surface area contributed by atoms with Gasteiger partial charge >= 0.3 is 11.9 Å². The molecule has 0 radical (unpaired) electrons. The van der Waals surface area contributed by atoms with E-state index >= 15 is 0 Å². The Kier molecular flexibility index (Phi) is 6.20. The highest BCUT2D eigenvalue weighted by Crippen LogP contribution is 2.44. The number of esters is 2. The van der Waals surface area contributed by atoms with Crippen LogP contribution in [0.25, 0.3) is 0 Å². The summed E-state index contributed by atoms with van der Waals surface area (Å²) < 4.78 is 37.5. The monoisotopic (exact) mass is 517 g/mol. The van der Waals surface area contributed by atoms with E-state index in [9.17, 15) is 22.8 Å². The van der Waals surface area contributed by atoms with Crippen LogP contribution in [0.4, 0.5) is 0 Å². The highest BCUT2D eigenvalue weighted by atomic mass is 32.2. The van der Waals surface area contributed by atoms with Gasteiger partial charge in [0.25, 0.3) is 0 Å². The molecule has 1 atom stereocenters. The molecule has 1 aromatic rings. The van der Waals surface area contributed by atoms with Crippen LogP contribution in [0.3, 0.4) is 0 Å². The molecular formula is C25H31N3O7S. The molecule has 0 saturated carbocycles. The van der Waals surface area contributed by atoms with Crippen LogP contribution < -0.4 is 4.72 Å². The van der Waals surface area contributed by atoms with Crippen LogP contribution in [-0.2, 0) is 35.7 Å². The summed E-state index contributed by atoms with van der Waals surface area (Å²) in [5.41, 5.74) is 3.71. The van der Waals surface area contributed by atoms with Crippen LogP contribution >= 0.6 is 0 Å². The highest BCUT2D eigenvalue weighted by Gasteiger charge is 2.50. The number of sulfonamides is 1. The highest BCUT2D eigenvalue weighted by molar-refractivity contribution is 7.88. The molecule has 2 fully saturated rings. The average Bonchev–Trinajstić information content (AvgIpc) is 3.46. The van der Waals surface area contributed by atoms with Crippen LogP contribution in [0.1, 0.15) is 59.3 Å². The Morgan fingerprint density at radius 2 is 1.67 bits per heavy atom. The van der Waals surface area contributed by atoms with Gasteiger partial charge in [-0.15, -0.1) is 0 Å². The molecule has 4 aliphatic heterocycles. The van der Waals surface area contributed by atoms with E-state index < -0.39 is 21.5 Å². The minimum absolute atomic E-state index is 0.0553.